The predicted octanol–water partition coefficient (Wildman–Crippen LogP) is 3.01. The number of fused-ring (bicyclic) bond motifs is 2. The van der Waals surface area contributed by atoms with Crippen molar-refractivity contribution in [2.24, 2.45) is 0 Å². The average Bonchev–Trinajstić information content (AvgIpc) is 2.85. The Morgan fingerprint density at radius 3 is 2.56 bits per heavy atom. The molecule has 0 bridgehead atoms. The van der Waals surface area contributed by atoms with Crippen LogP contribution in [0.15, 0.2) is 47.4 Å². The molecule has 34 heavy (non-hydrogen) atoms. The van der Waals surface area contributed by atoms with E-state index in [1.165, 1.54) is 25.3 Å². The van der Waals surface area contributed by atoms with Gasteiger partial charge in [-0.15, -0.1) is 0 Å². The highest BCUT2D eigenvalue weighted by Gasteiger charge is 2.23. The van der Waals surface area contributed by atoms with Crippen LogP contribution >= 0.6 is 0 Å². The van der Waals surface area contributed by atoms with Crippen molar-refractivity contribution in [1.82, 2.24) is 4.98 Å². The molecule has 9 nitrogen and oxygen atoms in total. The van der Waals surface area contributed by atoms with Gasteiger partial charge in [-0.3, -0.25) is 4.79 Å². The second-order valence-electron chi connectivity index (χ2n) is 7.60. The van der Waals surface area contributed by atoms with Gasteiger partial charge in [0.05, 0.1) is 41.0 Å². The lowest BCUT2D eigenvalue weighted by Gasteiger charge is -2.18. The Labute approximate surface area is 196 Å². The Bertz CT molecular complexity index is 1370. The normalized spacial score (nSPS) is 12.9. The molecule has 0 saturated heterocycles. The molecule has 1 aliphatic rings. The van der Waals surface area contributed by atoms with Gasteiger partial charge >= 0.3 is 11.9 Å². The molecular weight excluding hydrogens is 462 g/mol. The number of pyridine rings is 1. The van der Waals surface area contributed by atoms with Crippen LogP contribution in [0, 0.1) is 6.92 Å². The summed E-state index contributed by atoms with van der Waals surface area (Å²) in [4.78, 5) is 29.2. The largest absolute Gasteiger partial charge is 0.486 e. The van der Waals surface area contributed by atoms with Crippen LogP contribution < -0.4 is 9.47 Å². The van der Waals surface area contributed by atoms with Crippen molar-refractivity contribution in [2.45, 2.75) is 24.8 Å². The number of aromatic nitrogens is 1. The third-order valence-electron chi connectivity index (χ3n) is 5.43. The van der Waals surface area contributed by atoms with Gasteiger partial charge in [-0.25, -0.2) is 18.2 Å². The second kappa shape index (κ2) is 9.68. The molecule has 1 aliphatic heterocycles. The minimum Gasteiger partial charge on any atom is -0.486 e. The molecule has 0 radical (unpaired) electrons. The van der Waals surface area contributed by atoms with E-state index in [2.05, 4.69) is 4.98 Å². The standard InChI is InChI=1S/C24H23NO8S/c1-15-17-5-3-4-6-18(17)25-19(23(15)24(27)30-2)14-33-22(26)9-12-34(28,29)16-7-8-20-21(13-16)32-11-10-31-20/h3-8,13H,9-12,14H2,1-2H3. The van der Waals surface area contributed by atoms with Crippen molar-refractivity contribution in [1.29, 1.82) is 0 Å². The number of aryl methyl sites for hydroxylation is 1. The van der Waals surface area contributed by atoms with Crippen molar-refractivity contribution in [3.63, 3.8) is 0 Å². The number of esters is 2. The molecule has 0 spiro atoms. The van der Waals surface area contributed by atoms with E-state index in [9.17, 15) is 18.0 Å². The molecule has 10 heteroatoms. The fraction of sp³-hybridized carbons (Fsp3) is 0.292. The number of para-hydroxylation sites is 1. The van der Waals surface area contributed by atoms with E-state index in [4.69, 9.17) is 18.9 Å². The molecule has 178 valence electrons. The van der Waals surface area contributed by atoms with Gasteiger partial charge in [0.25, 0.3) is 0 Å². The third kappa shape index (κ3) is 4.81. The molecule has 0 amide bonds. The lowest BCUT2D eigenvalue weighted by molar-refractivity contribution is -0.144. The van der Waals surface area contributed by atoms with Crippen molar-refractivity contribution in [2.75, 3.05) is 26.1 Å². The molecule has 3 aromatic rings. The summed E-state index contributed by atoms with van der Waals surface area (Å²) in [5.41, 5.74) is 1.76. The Hall–Kier alpha value is -3.66. The number of nitrogens with zero attached hydrogens (tertiary/aromatic N) is 1. The summed E-state index contributed by atoms with van der Waals surface area (Å²) in [6, 6.07) is 11.6. The first-order valence-electron chi connectivity index (χ1n) is 10.5. The lowest BCUT2D eigenvalue weighted by Crippen LogP contribution is -2.17. The van der Waals surface area contributed by atoms with Gasteiger partial charge in [-0.1, -0.05) is 18.2 Å². The summed E-state index contributed by atoms with van der Waals surface area (Å²) in [5, 5.41) is 0.781. The number of benzene rings is 2. The number of carbonyl (C=O) groups excluding carboxylic acids is 2. The minimum absolute atomic E-state index is 0.0318. The maximum absolute atomic E-state index is 12.7. The Kier molecular flexibility index (Phi) is 6.69. The number of ether oxygens (including phenoxy) is 4. The fourth-order valence-electron chi connectivity index (χ4n) is 3.69. The first kappa shape index (κ1) is 23.5. The number of rotatable bonds is 7. The van der Waals surface area contributed by atoms with E-state index in [1.807, 2.05) is 18.2 Å². The van der Waals surface area contributed by atoms with Gasteiger partial charge in [-0.05, 0) is 30.7 Å². The van der Waals surface area contributed by atoms with E-state index >= 15 is 0 Å². The Morgan fingerprint density at radius 1 is 1.06 bits per heavy atom. The van der Waals surface area contributed by atoms with Gasteiger partial charge in [0.1, 0.15) is 19.8 Å². The van der Waals surface area contributed by atoms with Crippen LogP contribution in [-0.2, 0) is 30.7 Å². The van der Waals surface area contributed by atoms with Crippen LogP contribution in [0.25, 0.3) is 10.9 Å². The summed E-state index contributed by atoms with van der Waals surface area (Å²) in [5.74, 6) is -0.945. The summed E-state index contributed by atoms with van der Waals surface area (Å²) < 4.78 is 46.4. The SMILES string of the molecule is COC(=O)c1c(COC(=O)CCS(=O)(=O)c2ccc3c(c2)OCCO3)nc2ccccc2c1C. The summed E-state index contributed by atoms with van der Waals surface area (Å²) in [6.07, 6.45) is -0.364. The molecule has 0 unspecified atom stereocenters. The highest BCUT2D eigenvalue weighted by Crippen LogP contribution is 2.32. The van der Waals surface area contributed by atoms with Crippen molar-refractivity contribution < 1.29 is 37.0 Å². The van der Waals surface area contributed by atoms with Gasteiger partial charge in [0.15, 0.2) is 21.3 Å². The molecule has 2 aromatic carbocycles. The minimum atomic E-state index is -3.76. The molecule has 1 aromatic heterocycles. The maximum atomic E-state index is 12.7. The fourth-order valence-corrected chi connectivity index (χ4v) is 4.92. The molecule has 2 heterocycles. The first-order chi connectivity index (χ1) is 16.3. The van der Waals surface area contributed by atoms with Gasteiger partial charge < -0.3 is 18.9 Å². The van der Waals surface area contributed by atoms with Gasteiger partial charge in [-0.2, -0.15) is 0 Å². The number of sulfone groups is 1. The summed E-state index contributed by atoms with van der Waals surface area (Å²) in [7, 11) is -2.50. The van der Waals surface area contributed by atoms with Crippen LogP contribution in [0.3, 0.4) is 0 Å². The number of hydrogen-bond donors (Lipinski definition) is 0. The van der Waals surface area contributed by atoms with E-state index in [0.717, 1.165) is 5.39 Å². The molecule has 0 atom stereocenters. The summed E-state index contributed by atoms with van der Waals surface area (Å²) >= 11 is 0. The quantitative estimate of drug-likeness (QED) is 0.465. The molecule has 4 rings (SSSR count). The maximum Gasteiger partial charge on any atom is 0.340 e. The third-order valence-corrected chi connectivity index (χ3v) is 7.15. The van der Waals surface area contributed by atoms with Crippen LogP contribution in [0.1, 0.15) is 28.0 Å². The van der Waals surface area contributed by atoms with Crippen molar-refractivity contribution in [3.05, 3.63) is 59.3 Å². The van der Waals surface area contributed by atoms with Gasteiger partial charge in [0.2, 0.25) is 0 Å². The topological polar surface area (TPSA) is 118 Å². The smallest absolute Gasteiger partial charge is 0.340 e. The van der Waals surface area contributed by atoms with E-state index < -0.39 is 27.5 Å². The molecule has 0 fully saturated rings. The number of methoxy groups -OCH3 is 1. The number of carbonyl (C=O) groups is 2. The molecule has 0 N–H and O–H groups in total. The molecule has 0 aliphatic carbocycles. The van der Waals surface area contributed by atoms with Crippen LogP contribution in [-0.4, -0.2) is 51.4 Å². The molecule has 0 saturated carbocycles. The van der Waals surface area contributed by atoms with Gasteiger partial charge in [0, 0.05) is 11.5 Å². The van der Waals surface area contributed by atoms with Crippen molar-refractivity contribution >= 4 is 32.7 Å². The highest BCUT2D eigenvalue weighted by molar-refractivity contribution is 7.91. The van der Waals surface area contributed by atoms with Crippen LogP contribution in [0.2, 0.25) is 0 Å². The zero-order valence-corrected chi connectivity index (χ0v) is 19.5. The highest BCUT2D eigenvalue weighted by atomic mass is 32.2. The lowest BCUT2D eigenvalue weighted by atomic mass is 10.0. The summed E-state index contributed by atoms with van der Waals surface area (Å²) in [6.45, 7) is 2.20. The predicted molar refractivity (Wildman–Crippen MR) is 122 cm³/mol. The van der Waals surface area contributed by atoms with E-state index in [-0.39, 0.29) is 29.2 Å². The van der Waals surface area contributed by atoms with E-state index in [0.29, 0.717) is 35.8 Å². The molecular formula is C24H23NO8S. The first-order valence-corrected chi connectivity index (χ1v) is 12.2. The Balaban J connectivity index is 1.45. The Morgan fingerprint density at radius 2 is 1.79 bits per heavy atom. The number of hydrogen-bond acceptors (Lipinski definition) is 9. The van der Waals surface area contributed by atoms with Crippen molar-refractivity contribution in [3.8, 4) is 11.5 Å². The average molecular weight is 486 g/mol. The monoisotopic (exact) mass is 485 g/mol. The second-order valence-corrected chi connectivity index (χ2v) is 9.71. The van der Waals surface area contributed by atoms with Crippen LogP contribution in [0.5, 0.6) is 11.5 Å². The zero-order valence-electron chi connectivity index (χ0n) is 18.7. The van der Waals surface area contributed by atoms with Crippen LogP contribution in [0.4, 0.5) is 0 Å². The zero-order chi connectivity index (χ0) is 24.3. The van der Waals surface area contributed by atoms with E-state index in [1.54, 1.807) is 13.0 Å².